The number of nitrogens with zero attached hydrogens (tertiary/aromatic N) is 4. The number of anilines is 2. The Bertz CT molecular complexity index is 1240. The molecule has 2 N–H and O–H groups in total. The molecule has 8 nitrogen and oxygen atoms in total. The van der Waals surface area contributed by atoms with E-state index in [1.54, 1.807) is 0 Å². The van der Waals surface area contributed by atoms with Crippen molar-refractivity contribution in [2.75, 3.05) is 56.6 Å². The monoisotopic (exact) mass is 537 g/mol. The van der Waals surface area contributed by atoms with Crippen LogP contribution in [0.15, 0.2) is 18.2 Å². The Hall–Kier alpha value is -2.49. The van der Waals surface area contributed by atoms with E-state index < -0.39 is 11.8 Å². The zero-order valence-corrected chi connectivity index (χ0v) is 23.0. The largest absolute Gasteiger partial charge is 0.461 e. The highest BCUT2D eigenvalue weighted by Crippen LogP contribution is 2.49. The van der Waals surface area contributed by atoms with Crippen LogP contribution in [0.25, 0.3) is 0 Å². The van der Waals surface area contributed by atoms with Gasteiger partial charge in [0.2, 0.25) is 0 Å². The van der Waals surface area contributed by atoms with Gasteiger partial charge in [-0.1, -0.05) is 13.0 Å². The first kappa shape index (κ1) is 25.5. The summed E-state index contributed by atoms with van der Waals surface area (Å²) in [5, 5.41) is 0. The van der Waals surface area contributed by atoms with Crippen LogP contribution in [0, 0.1) is 0 Å². The molecule has 4 atom stereocenters. The van der Waals surface area contributed by atoms with Crippen LogP contribution >= 0.6 is 0 Å². The predicted octanol–water partition coefficient (Wildman–Crippen LogP) is 4.11. The molecule has 210 valence electrons. The van der Waals surface area contributed by atoms with Crippen molar-refractivity contribution < 1.29 is 18.6 Å². The average molecular weight is 538 g/mol. The highest BCUT2D eigenvalue weighted by molar-refractivity contribution is 5.54. The first-order valence-electron chi connectivity index (χ1n) is 14.7. The lowest BCUT2D eigenvalue weighted by Gasteiger charge is -2.44. The quantitative estimate of drug-likeness (QED) is 0.584. The number of hydrogen-bond acceptors (Lipinski definition) is 8. The molecule has 0 bridgehead atoms. The zero-order valence-electron chi connectivity index (χ0n) is 23.0. The Morgan fingerprint density at radius 2 is 2.08 bits per heavy atom. The highest BCUT2D eigenvalue weighted by Gasteiger charge is 2.50. The van der Waals surface area contributed by atoms with Crippen molar-refractivity contribution in [3.63, 3.8) is 0 Å². The van der Waals surface area contributed by atoms with Crippen molar-refractivity contribution >= 4 is 11.5 Å². The summed E-state index contributed by atoms with van der Waals surface area (Å²) in [7, 11) is 0. The summed E-state index contributed by atoms with van der Waals surface area (Å²) in [6.45, 7) is 7.66. The van der Waals surface area contributed by atoms with Crippen LogP contribution in [0.2, 0.25) is 0 Å². The fraction of sp³-hybridized carbons (Fsp3) is 0.667. The molecule has 3 saturated heterocycles. The Labute approximate surface area is 230 Å². The van der Waals surface area contributed by atoms with E-state index in [0.29, 0.717) is 51.1 Å². The van der Waals surface area contributed by atoms with E-state index in [9.17, 15) is 4.39 Å². The molecule has 9 heteroatoms. The third-order valence-corrected chi connectivity index (χ3v) is 9.83. The van der Waals surface area contributed by atoms with Gasteiger partial charge in [0, 0.05) is 50.3 Å². The van der Waals surface area contributed by atoms with E-state index in [1.807, 2.05) is 6.07 Å². The topological polar surface area (TPSA) is 86.0 Å². The number of aromatic nitrogens is 2. The molecule has 0 radical (unpaired) electrons. The standard InChI is InChI=1S/C30H40FN5O3/c1-20-6-8-30(25-14-22(32)4-5-23(20)25)16-26-24(18-39-30)27(35-9-3-12-37-13-11-35)34-28(33-26)38-19-29-7-2-10-36(29)17-21(31)15-29/h4-5,14,20-21H,2-3,6-13,15-19,32H2,1H3. The van der Waals surface area contributed by atoms with E-state index in [1.165, 1.54) is 11.1 Å². The van der Waals surface area contributed by atoms with Crippen LogP contribution in [-0.2, 0) is 28.1 Å². The molecular weight excluding hydrogens is 497 g/mol. The van der Waals surface area contributed by atoms with Crippen molar-refractivity contribution in [3.8, 4) is 6.01 Å². The van der Waals surface area contributed by atoms with Crippen LogP contribution in [0.1, 0.15) is 73.8 Å². The van der Waals surface area contributed by atoms with E-state index in [4.69, 9.17) is 29.9 Å². The third kappa shape index (κ3) is 4.46. The molecular formula is C30H40FN5O3. The molecule has 5 heterocycles. The normalized spacial score (nSPS) is 32.5. The third-order valence-electron chi connectivity index (χ3n) is 9.83. The van der Waals surface area contributed by atoms with Gasteiger partial charge in [-0.05, 0) is 67.8 Å². The van der Waals surface area contributed by atoms with Gasteiger partial charge in [0.25, 0.3) is 0 Å². The molecule has 0 saturated carbocycles. The van der Waals surface area contributed by atoms with Crippen molar-refractivity contribution in [3.05, 3.63) is 40.6 Å². The van der Waals surface area contributed by atoms with Crippen LogP contribution in [0.5, 0.6) is 6.01 Å². The second-order valence-electron chi connectivity index (χ2n) is 12.3. The number of nitrogens with two attached hydrogens (primary N) is 1. The maximum atomic E-state index is 14.4. The van der Waals surface area contributed by atoms with Gasteiger partial charge in [-0.15, -0.1) is 0 Å². The van der Waals surface area contributed by atoms with Crippen molar-refractivity contribution in [1.29, 1.82) is 0 Å². The van der Waals surface area contributed by atoms with Gasteiger partial charge in [-0.3, -0.25) is 4.90 Å². The number of rotatable bonds is 4. The fourth-order valence-electron chi connectivity index (χ4n) is 7.72. The fourth-order valence-corrected chi connectivity index (χ4v) is 7.72. The van der Waals surface area contributed by atoms with Gasteiger partial charge in [-0.25, -0.2) is 4.39 Å². The molecule has 39 heavy (non-hydrogen) atoms. The van der Waals surface area contributed by atoms with Gasteiger partial charge in [0.1, 0.15) is 18.6 Å². The molecule has 4 unspecified atom stereocenters. The molecule has 4 aliphatic heterocycles. The SMILES string of the molecule is CC1CCC2(Cc3nc(OCC45CCCN4CC(F)C5)nc(N4CCCOCC4)c3CO2)c2cc(N)ccc21. The number of benzene rings is 1. The molecule has 1 spiro atoms. The molecule has 1 aliphatic carbocycles. The van der Waals surface area contributed by atoms with Gasteiger partial charge >= 0.3 is 6.01 Å². The number of halogens is 1. The summed E-state index contributed by atoms with van der Waals surface area (Å²) in [5.74, 6) is 1.36. The van der Waals surface area contributed by atoms with Gasteiger partial charge in [0.05, 0.1) is 30.0 Å². The van der Waals surface area contributed by atoms with Crippen molar-refractivity contribution in [1.82, 2.24) is 14.9 Å². The van der Waals surface area contributed by atoms with E-state index >= 15 is 0 Å². The zero-order chi connectivity index (χ0) is 26.6. The number of ether oxygens (including phenoxy) is 3. The Morgan fingerprint density at radius 3 is 3.00 bits per heavy atom. The molecule has 2 aromatic rings. The lowest BCUT2D eigenvalue weighted by molar-refractivity contribution is -0.0871. The maximum absolute atomic E-state index is 14.4. The molecule has 1 aromatic carbocycles. The lowest BCUT2D eigenvalue weighted by atomic mass is 9.71. The summed E-state index contributed by atoms with van der Waals surface area (Å²) in [5.41, 5.74) is 10.9. The minimum absolute atomic E-state index is 0.240. The van der Waals surface area contributed by atoms with E-state index in [0.717, 1.165) is 81.1 Å². The number of nitrogen functional groups attached to an aromatic ring is 1. The minimum Gasteiger partial charge on any atom is -0.461 e. The maximum Gasteiger partial charge on any atom is 0.318 e. The number of hydrogen-bond donors (Lipinski definition) is 1. The van der Waals surface area contributed by atoms with E-state index in [2.05, 4.69) is 28.9 Å². The Balaban J connectivity index is 1.25. The summed E-state index contributed by atoms with van der Waals surface area (Å²) >= 11 is 0. The van der Waals surface area contributed by atoms with Crippen molar-refractivity contribution in [2.24, 2.45) is 0 Å². The lowest BCUT2D eigenvalue weighted by Crippen LogP contribution is -2.44. The molecule has 0 amide bonds. The molecule has 7 rings (SSSR count). The van der Waals surface area contributed by atoms with Crippen LogP contribution in [0.3, 0.4) is 0 Å². The van der Waals surface area contributed by atoms with Crippen LogP contribution < -0.4 is 15.4 Å². The van der Waals surface area contributed by atoms with Crippen molar-refractivity contribution in [2.45, 2.75) is 81.7 Å². The van der Waals surface area contributed by atoms with E-state index in [-0.39, 0.29) is 5.54 Å². The van der Waals surface area contributed by atoms with Crippen LogP contribution in [-0.4, -0.2) is 72.6 Å². The number of fused-ring (bicyclic) bond motifs is 4. The summed E-state index contributed by atoms with van der Waals surface area (Å²) in [4.78, 5) is 14.6. The smallest absolute Gasteiger partial charge is 0.318 e. The van der Waals surface area contributed by atoms with Gasteiger partial charge < -0.3 is 24.8 Å². The highest BCUT2D eigenvalue weighted by atomic mass is 19.1. The number of alkyl halides is 1. The summed E-state index contributed by atoms with van der Waals surface area (Å²) in [6, 6.07) is 6.66. The molecule has 5 aliphatic rings. The average Bonchev–Trinajstić information content (AvgIpc) is 3.31. The van der Waals surface area contributed by atoms with Gasteiger partial charge in [0.15, 0.2) is 0 Å². The molecule has 1 aromatic heterocycles. The first-order chi connectivity index (χ1) is 18.9. The van der Waals surface area contributed by atoms with Gasteiger partial charge in [-0.2, -0.15) is 9.97 Å². The second kappa shape index (κ2) is 9.85. The Kier molecular flexibility index (Phi) is 6.44. The predicted molar refractivity (Wildman–Crippen MR) is 147 cm³/mol. The Morgan fingerprint density at radius 1 is 1.15 bits per heavy atom. The second-order valence-corrected chi connectivity index (χ2v) is 12.3. The molecule has 3 fully saturated rings. The summed E-state index contributed by atoms with van der Waals surface area (Å²) in [6.07, 6.45) is 5.37. The minimum atomic E-state index is -0.788. The summed E-state index contributed by atoms with van der Waals surface area (Å²) < 4.78 is 33.3. The van der Waals surface area contributed by atoms with Crippen LogP contribution in [0.4, 0.5) is 15.9 Å². The first-order valence-corrected chi connectivity index (χ1v) is 14.7.